The molecule has 0 aliphatic rings. The summed E-state index contributed by atoms with van der Waals surface area (Å²) < 4.78 is 7.51. The fraction of sp³-hybridized carbons (Fsp3) is 0.217. The summed E-state index contributed by atoms with van der Waals surface area (Å²) in [7, 11) is 0. The summed E-state index contributed by atoms with van der Waals surface area (Å²) in [5.41, 5.74) is 4.04. The molecule has 0 saturated heterocycles. The number of aromatic nitrogens is 2. The Morgan fingerprint density at radius 3 is 2.62 bits per heavy atom. The van der Waals surface area contributed by atoms with E-state index in [1.165, 1.54) is 5.56 Å². The number of hydrogen-bond donors (Lipinski definition) is 1. The van der Waals surface area contributed by atoms with E-state index >= 15 is 0 Å². The molecule has 1 N–H and O–H groups in total. The van der Waals surface area contributed by atoms with Crippen molar-refractivity contribution >= 4 is 28.5 Å². The molecule has 2 aromatic heterocycles. The monoisotopic (exact) mass is 407 g/mol. The number of halogens is 1. The van der Waals surface area contributed by atoms with Gasteiger partial charge in [0.05, 0.1) is 23.8 Å². The highest BCUT2D eigenvalue weighted by Crippen LogP contribution is 2.25. The van der Waals surface area contributed by atoms with Gasteiger partial charge in [-0.25, -0.2) is 4.68 Å². The van der Waals surface area contributed by atoms with Gasteiger partial charge in [-0.05, 0) is 38.5 Å². The van der Waals surface area contributed by atoms with Crippen LogP contribution >= 0.6 is 11.6 Å². The summed E-state index contributed by atoms with van der Waals surface area (Å²) in [6.07, 6.45) is 0. The number of para-hydroxylation sites is 1. The van der Waals surface area contributed by atoms with Crippen LogP contribution in [0.3, 0.4) is 0 Å². The van der Waals surface area contributed by atoms with Crippen LogP contribution in [0.5, 0.6) is 0 Å². The zero-order chi connectivity index (χ0) is 20.5. The van der Waals surface area contributed by atoms with Crippen molar-refractivity contribution in [3.63, 3.8) is 0 Å². The van der Waals surface area contributed by atoms with Gasteiger partial charge in [0.1, 0.15) is 16.5 Å². The zero-order valence-corrected chi connectivity index (χ0v) is 17.3. The molecule has 2 aromatic carbocycles. The highest BCUT2D eigenvalue weighted by Gasteiger charge is 2.23. The van der Waals surface area contributed by atoms with Crippen LogP contribution in [0.15, 0.2) is 59.0 Å². The summed E-state index contributed by atoms with van der Waals surface area (Å²) in [5.74, 6) is 0.427. The van der Waals surface area contributed by atoms with Crippen LogP contribution in [0.25, 0.3) is 11.0 Å². The van der Waals surface area contributed by atoms with Gasteiger partial charge in [-0.2, -0.15) is 5.10 Å². The van der Waals surface area contributed by atoms with Gasteiger partial charge in [0, 0.05) is 5.39 Å². The van der Waals surface area contributed by atoms with Crippen LogP contribution in [0, 0.1) is 13.8 Å². The first-order valence-corrected chi connectivity index (χ1v) is 9.88. The van der Waals surface area contributed by atoms with E-state index in [9.17, 15) is 4.79 Å². The maximum absolute atomic E-state index is 12.9. The van der Waals surface area contributed by atoms with Crippen molar-refractivity contribution in [1.29, 1.82) is 0 Å². The predicted octanol–water partition coefficient (Wildman–Crippen LogP) is 5.44. The van der Waals surface area contributed by atoms with E-state index in [0.717, 1.165) is 16.5 Å². The van der Waals surface area contributed by atoms with E-state index in [4.69, 9.17) is 16.0 Å². The first-order valence-electron chi connectivity index (χ1n) is 9.50. The van der Waals surface area contributed by atoms with E-state index in [0.29, 0.717) is 28.7 Å². The Kier molecular flexibility index (Phi) is 5.16. The van der Waals surface area contributed by atoms with E-state index in [2.05, 4.69) is 10.4 Å². The standard InChI is InChI=1S/C23H22ClN3O2/c1-14-8-10-17(11-9-14)13-27-22(24)21(16(3)26-27)23(28)25-15(2)20-12-18-6-4-5-7-19(18)29-20/h4-12,15H,13H2,1-3H3,(H,25,28)/t15-/m0/s1. The van der Waals surface area contributed by atoms with Crippen LogP contribution in [0.4, 0.5) is 0 Å². The fourth-order valence-electron chi connectivity index (χ4n) is 3.34. The smallest absolute Gasteiger partial charge is 0.256 e. The van der Waals surface area contributed by atoms with Crippen LogP contribution in [-0.2, 0) is 6.54 Å². The molecule has 148 valence electrons. The van der Waals surface area contributed by atoms with Crippen LogP contribution < -0.4 is 5.32 Å². The summed E-state index contributed by atoms with van der Waals surface area (Å²) >= 11 is 6.52. The number of carbonyl (C=O) groups excluding carboxylic acids is 1. The van der Waals surface area contributed by atoms with Crippen molar-refractivity contribution in [3.05, 3.63) is 87.9 Å². The molecule has 5 nitrogen and oxygen atoms in total. The largest absolute Gasteiger partial charge is 0.459 e. The number of nitrogens with zero attached hydrogens (tertiary/aromatic N) is 2. The molecule has 0 bridgehead atoms. The molecule has 1 amide bonds. The van der Waals surface area contributed by atoms with Gasteiger partial charge in [0.15, 0.2) is 0 Å². The molecule has 0 saturated carbocycles. The van der Waals surface area contributed by atoms with E-state index < -0.39 is 0 Å². The summed E-state index contributed by atoms with van der Waals surface area (Å²) in [4.78, 5) is 12.9. The Hall–Kier alpha value is -3.05. The van der Waals surface area contributed by atoms with Crippen LogP contribution in [-0.4, -0.2) is 15.7 Å². The predicted molar refractivity (Wildman–Crippen MR) is 114 cm³/mol. The Bertz CT molecular complexity index is 1140. The number of benzene rings is 2. The second-order valence-corrected chi connectivity index (χ2v) is 7.63. The number of aryl methyl sites for hydroxylation is 2. The van der Waals surface area contributed by atoms with E-state index in [-0.39, 0.29) is 11.9 Å². The molecule has 0 fully saturated rings. The molecule has 0 spiro atoms. The number of furan rings is 1. The molecule has 0 unspecified atom stereocenters. The molecular weight excluding hydrogens is 386 g/mol. The highest BCUT2D eigenvalue weighted by molar-refractivity contribution is 6.33. The third-order valence-corrected chi connectivity index (χ3v) is 5.35. The van der Waals surface area contributed by atoms with E-state index in [1.54, 1.807) is 11.6 Å². The second-order valence-electron chi connectivity index (χ2n) is 7.28. The van der Waals surface area contributed by atoms with Gasteiger partial charge < -0.3 is 9.73 Å². The Labute approximate surface area is 174 Å². The fourth-order valence-corrected chi connectivity index (χ4v) is 3.66. The minimum absolute atomic E-state index is 0.268. The molecule has 29 heavy (non-hydrogen) atoms. The molecule has 0 radical (unpaired) electrons. The number of fused-ring (bicyclic) bond motifs is 1. The van der Waals surface area contributed by atoms with Crippen molar-refractivity contribution in [2.75, 3.05) is 0 Å². The SMILES string of the molecule is Cc1ccc(Cn2nc(C)c(C(=O)N[C@@H](C)c3cc4ccccc4o3)c2Cl)cc1. The lowest BCUT2D eigenvalue weighted by Gasteiger charge is -2.11. The molecule has 1 atom stereocenters. The highest BCUT2D eigenvalue weighted by atomic mass is 35.5. The van der Waals surface area contributed by atoms with Crippen molar-refractivity contribution < 1.29 is 9.21 Å². The maximum Gasteiger partial charge on any atom is 0.256 e. The van der Waals surface area contributed by atoms with Crippen molar-refractivity contribution in [3.8, 4) is 0 Å². The molecule has 0 aliphatic heterocycles. The van der Waals surface area contributed by atoms with Crippen molar-refractivity contribution in [2.24, 2.45) is 0 Å². The lowest BCUT2D eigenvalue weighted by atomic mass is 10.1. The van der Waals surface area contributed by atoms with E-state index in [1.807, 2.05) is 68.4 Å². The van der Waals surface area contributed by atoms with Crippen molar-refractivity contribution in [2.45, 2.75) is 33.4 Å². The molecule has 6 heteroatoms. The average molecular weight is 408 g/mol. The first-order chi connectivity index (χ1) is 13.9. The van der Waals surface area contributed by atoms with Crippen LogP contribution in [0.2, 0.25) is 5.15 Å². The average Bonchev–Trinajstić information content (AvgIpc) is 3.24. The van der Waals surface area contributed by atoms with Gasteiger partial charge >= 0.3 is 0 Å². The van der Waals surface area contributed by atoms with Crippen molar-refractivity contribution in [1.82, 2.24) is 15.1 Å². The Balaban J connectivity index is 1.53. The second kappa shape index (κ2) is 7.76. The minimum atomic E-state index is -0.300. The topological polar surface area (TPSA) is 60.1 Å². The molecule has 2 heterocycles. The third-order valence-electron chi connectivity index (χ3n) is 4.96. The Morgan fingerprint density at radius 2 is 1.90 bits per heavy atom. The summed E-state index contributed by atoms with van der Waals surface area (Å²) in [6, 6.07) is 17.6. The third kappa shape index (κ3) is 3.91. The first kappa shape index (κ1) is 19.3. The number of rotatable bonds is 5. The lowest BCUT2D eigenvalue weighted by molar-refractivity contribution is 0.0935. The number of carbonyl (C=O) groups is 1. The van der Waals surface area contributed by atoms with Gasteiger partial charge in [0.2, 0.25) is 0 Å². The molecule has 0 aliphatic carbocycles. The molecule has 4 aromatic rings. The van der Waals surface area contributed by atoms with Gasteiger partial charge in [0.25, 0.3) is 5.91 Å². The number of nitrogens with one attached hydrogen (secondary N) is 1. The minimum Gasteiger partial charge on any atom is -0.459 e. The van der Waals surface area contributed by atoms with Gasteiger partial charge in [-0.15, -0.1) is 0 Å². The molecular formula is C23H22ClN3O2. The lowest BCUT2D eigenvalue weighted by Crippen LogP contribution is -2.27. The Morgan fingerprint density at radius 1 is 1.17 bits per heavy atom. The van der Waals surface area contributed by atoms with Crippen LogP contribution in [0.1, 0.15) is 45.9 Å². The maximum atomic E-state index is 12.9. The van der Waals surface area contributed by atoms with Gasteiger partial charge in [-0.1, -0.05) is 59.6 Å². The number of hydrogen-bond acceptors (Lipinski definition) is 3. The number of amides is 1. The zero-order valence-electron chi connectivity index (χ0n) is 16.6. The van der Waals surface area contributed by atoms with Gasteiger partial charge in [-0.3, -0.25) is 4.79 Å². The summed E-state index contributed by atoms with van der Waals surface area (Å²) in [6.45, 7) is 6.22. The molecule has 4 rings (SSSR count). The summed E-state index contributed by atoms with van der Waals surface area (Å²) in [5, 5.41) is 8.77. The quantitative estimate of drug-likeness (QED) is 0.479. The normalized spacial score (nSPS) is 12.3.